The Morgan fingerprint density at radius 3 is 0.921 bits per heavy atom. The average molecular weight is 1410 g/mol. The number of alkyl halides is 15. The number of benzene rings is 11. The SMILES string of the molecule is FC(F)(F)c1cc2c3c(c1)Oc1cc4c(cc1B3c1cc3c(cc1O2)N(c1ccccc1)c1cc(C(F)(F)F)cc2c1B3c1sc3ccc(C(F)(F)F)cc3c1N2c1ccccc1)B1c2sc3ccc(C(F)(F)F)cc3c2N(c2ccccc2)c2cc(C(F)(F)F)cc(c21)N4c1ccccc1. The molecule has 0 fully saturated rings. The summed E-state index contributed by atoms with van der Waals surface area (Å²) in [5.74, 6) is -0.735. The molecule has 6 aliphatic rings. The van der Waals surface area contributed by atoms with Gasteiger partial charge in [0.25, 0.3) is 20.1 Å². The molecule has 2 aromatic heterocycles. The van der Waals surface area contributed by atoms with Gasteiger partial charge >= 0.3 is 30.9 Å². The third-order valence-corrected chi connectivity index (χ3v) is 22.2. The van der Waals surface area contributed by atoms with E-state index in [1.807, 2.05) is 0 Å². The topological polar surface area (TPSA) is 31.4 Å². The first-order valence-corrected chi connectivity index (χ1v) is 33.0. The van der Waals surface area contributed by atoms with Crippen molar-refractivity contribution in [2.45, 2.75) is 30.9 Å². The van der Waals surface area contributed by atoms with Crippen molar-refractivity contribution < 1.29 is 75.3 Å². The highest BCUT2D eigenvalue weighted by Crippen LogP contribution is 2.55. The summed E-state index contributed by atoms with van der Waals surface area (Å²) in [7, 11) is 0. The fraction of sp³-hybridized carbons (Fsp3) is 0.0667. The second kappa shape index (κ2) is 20.9. The molecule has 26 heteroatoms. The van der Waals surface area contributed by atoms with Crippen LogP contribution in [0.5, 0.6) is 23.0 Å². The van der Waals surface area contributed by atoms with Crippen molar-refractivity contribution in [2.24, 2.45) is 0 Å². The highest BCUT2D eigenvalue weighted by Gasteiger charge is 2.54. The minimum atomic E-state index is -5.03. The number of para-hydroxylation sites is 4. The van der Waals surface area contributed by atoms with Crippen molar-refractivity contribution in [2.75, 3.05) is 19.6 Å². The first-order chi connectivity index (χ1) is 48.2. The summed E-state index contributed by atoms with van der Waals surface area (Å²) in [4.78, 5) is 6.32. The van der Waals surface area contributed by atoms with Gasteiger partial charge in [0.1, 0.15) is 23.0 Å². The molecule has 0 N–H and O–H groups in total. The Morgan fingerprint density at radius 2 is 0.584 bits per heavy atom. The number of halogens is 15. The van der Waals surface area contributed by atoms with Crippen LogP contribution in [0.2, 0.25) is 0 Å². The molecular formula is C75H36B3F15N4O2S2. The molecule has 0 unspecified atom stereocenters. The summed E-state index contributed by atoms with van der Waals surface area (Å²) in [6, 6.07) is 52.1. The molecule has 6 aliphatic heterocycles. The Hall–Kier alpha value is -10.7. The van der Waals surface area contributed by atoms with Gasteiger partial charge in [-0.05, 0) is 154 Å². The number of thiophene rings is 2. The number of hydrogen-bond acceptors (Lipinski definition) is 8. The summed E-state index contributed by atoms with van der Waals surface area (Å²) < 4.78 is 247. The van der Waals surface area contributed by atoms with Crippen LogP contribution in [0.1, 0.15) is 27.8 Å². The van der Waals surface area contributed by atoms with E-state index >= 15 is 39.5 Å². The van der Waals surface area contributed by atoms with Crippen molar-refractivity contribution in [1.82, 2.24) is 0 Å². The number of rotatable bonds is 4. The Kier molecular flexibility index (Phi) is 12.7. The standard InChI is InChI=1S/C75H36B3F15N4O2S2/c79-71(80,81)37-21-23-62-46(25-37)67-69(100-62)77-48-33-50-58(35-52(48)94(42-13-5-1-6-14-42)54-27-39(73(85,86)87)29-56(64(54)77)96(67)44-17-9-3-10-18-44)98-60-31-41(75(91,92)93)32-61-66(60)76(50)51-34-49-53(36-59(51)99-61)95(43-15-7-2-8-16-43)55-28-40(74(88,89)90)30-57-65(55)78(49)70-68(97(57)45-19-11-4-12-20-45)47-26-38(72(82,83)84)22-24-63(47)101-70/h1-36H. The molecule has 0 bridgehead atoms. The lowest BCUT2D eigenvalue weighted by Crippen LogP contribution is -2.64. The summed E-state index contributed by atoms with van der Waals surface area (Å²) in [6.45, 7) is -3.37. The van der Waals surface area contributed by atoms with Gasteiger partial charge in [-0.15, -0.1) is 22.7 Å². The zero-order valence-corrected chi connectivity index (χ0v) is 52.7. The van der Waals surface area contributed by atoms with E-state index in [9.17, 15) is 26.3 Å². The minimum absolute atomic E-state index is 0.00920. The van der Waals surface area contributed by atoms with Crippen LogP contribution in [0.3, 0.4) is 0 Å². The Morgan fingerprint density at radius 1 is 0.267 bits per heavy atom. The van der Waals surface area contributed by atoms with Crippen LogP contribution in [-0.2, 0) is 30.9 Å². The fourth-order valence-corrected chi connectivity index (χ4v) is 18.3. The Bertz CT molecular complexity index is 5390. The van der Waals surface area contributed by atoms with E-state index in [4.69, 9.17) is 9.47 Å². The molecule has 6 nitrogen and oxygen atoms in total. The molecule has 0 spiro atoms. The maximum Gasteiger partial charge on any atom is 0.416 e. The predicted octanol–water partition coefficient (Wildman–Crippen LogP) is 18.1. The molecule has 0 radical (unpaired) electrons. The lowest BCUT2D eigenvalue weighted by molar-refractivity contribution is -0.138. The van der Waals surface area contributed by atoms with Crippen LogP contribution >= 0.6 is 22.7 Å². The maximum absolute atomic E-state index is 15.9. The lowest BCUT2D eigenvalue weighted by Gasteiger charge is -2.45. The molecule has 0 amide bonds. The van der Waals surface area contributed by atoms with Crippen LogP contribution in [-0.4, -0.2) is 20.1 Å². The van der Waals surface area contributed by atoms with Crippen LogP contribution < -0.4 is 76.9 Å². The second-order valence-electron chi connectivity index (χ2n) is 25.4. The van der Waals surface area contributed by atoms with Gasteiger partial charge in [0.2, 0.25) is 0 Å². The summed E-state index contributed by atoms with van der Waals surface area (Å²) in [5, 5.41) is 0.176. The number of anilines is 12. The van der Waals surface area contributed by atoms with Gasteiger partial charge in [0.05, 0.1) is 39.2 Å². The number of fused-ring (bicyclic) bond motifs is 16. The largest absolute Gasteiger partial charge is 0.458 e. The van der Waals surface area contributed by atoms with Gasteiger partial charge in [0.15, 0.2) is 0 Å². The molecule has 11 aromatic carbocycles. The smallest absolute Gasteiger partial charge is 0.416 e. The van der Waals surface area contributed by atoms with Crippen LogP contribution in [0.15, 0.2) is 218 Å². The van der Waals surface area contributed by atoms with Crippen LogP contribution in [0.4, 0.5) is 134 Å². The van der Waals surface area contributed by atoms with E-state index in [1.54, 1.807) is 165 Å². The molecule has 0 atom stereocenters. The molecule has 13 aromatic rings. The minimum Gasteiger partial charge on any atom is -0.458 e. The summed E-state index contributed by atoms with van der Waals surface area (Å²) >= 11 is 2.30. The first-order valence-electron chi connectivity index (χ1n) is 31.4. The Balaban J connectivity index is 0.917. The number of ether oxygens (including phenoxy) is 2. The number of nitrogens with zero attached hydrogens (tertiary/aromatic N) is 4. The van der Waals surface area contributed by atoms with E-state index in [-0.39, 0.29) is 84.7 Å². The van der Waals surface area contributed by atoms with Gasteiger partial charge in [-0.25, -0.2) is 0 Å². The fourth-order valence-electron chi connectivity index (χ4n) is 15.7. The summed E-state index contributed by atoms with van der Waals surface area (Å²) in [6.07, 6.45) is -24.8. The molecule has 8 heterocycles. The first kappa shape index (κ1) is 61.4. The van der Waals surface area contributed by atoms with Gasteiger partial charge < -0.3 is 29.1 Å². The van der Waals surface area contributed by atoms with Crippen LogP contribution in [0.25, 0.3) is 20.2 Å². The highest BCUT2D eigenvalue weighted by atomic mass is 32.1. The molecular weight excluding hydrogens is 1370 g/mol. The van der Waals surface area contributed by atoms with Crippen molar-refractivity contribution >= 4 is 179 Å². The quantitative estimate of drug-likeness (QED) is 0.129. The predicted molar refractivity (Wildman–Crippen MR) is 368 cm³/mol. The Labute approximate surface area is 571 Å². The molecule has 19 rings (SSSR count). The van der Waals surface area contributed by atoms with Crippen LogP contribution in [0, 0.1) is 0 Å². The van der Waals surface area contributed by atoms with Gasteiger partial charge in [-0.1, -0.05) is 84.9 Å². The normalized spacial score (nSPS) is 14.7. The van der Waals surface area contributed by atoms with E-state index in [0.717, 1.165) is 83.3 Å². The molecule has 101 heavy (non-hydrogen) atoms. The van der Waals surface area contributed by atoms with Gasteiger partial charge in [0, 0.05) is 104 Å². The van der Waals surface area contributed by atoms with Crippen molar-refractivity contribution in [3.63, 3.8) is 0 Å². The zero-order valence-electron chi connectivity index (χ0n) is 51.1. The molecule has 0 saturated heterocycles. The lowest BCUT2D eigenvalue weighted by atomic mass is 9.31. The number of hydrogen-bond donors (Lipinski definition) is 0. The van der Waals surface area contributed by atoms with E-state index in [0.29, 0.717) is 74.5 Å². The van der Waals surface area contributed by atoms with Crippen molar-refractivity contribution in [1.29, 1.82) is 0 Å². The van der Waals surface area contributed by atoms with Crippen molar-refractivity contribution in [3.05, 3.63) is 246 Å². The van der Waals surface area contributed by atoms with E-state index in [2.05, 4.69) is 0 Å². The van der Waals surface area contributed by atoms with E-state index < -0.39 is 78.8 Å². The van der Waals surface area contributed by atoms with Gasteiger partial charge in [-0.2, -0.15) is 65.9 Å². The zero-order chi connectivity index (χ0) is 69.5. The third-order valence-electron chi connectivity index (χ3n) is 19.7. The third kappa shape index (κ3) is 9.11. The second-order valence-corrected chi connectivity index (χ2v) is 27.5. The molecule has 0 saturated carbocycles. The molecule has 0 aliphatic carbocycles. The van der Waals surface area contributed by atoms with Crippen molar-refractivity contribution in [3.8, 4) is 23.0 Å². The monoisotopic (exact) mass is 1410 g/mol. The van der Waals surface area contributed by atoms with Gasteiger partial charge in [-0.3, -0.25) is 0 Å². The molecule has 494 valence electrons. The maximum atomic E-state index is 15.9. The highest BCUT2D eigenvalue weighted by molar-refractivity contribution is 7.34. The van der Waals surface area contributed by atoms with E-state index in [1.165, 1.54) is 12.1 Å². The average Bonchev–Trinajstić information content (AvgIpc) is 1.68. The summed E-state index contributed by atoms with van der Waals surface area (Å²) in [5.41, 5.74) is -1.13.